The van der Waals surface area contributed by atoms with Gasteiger partial charge in [0.05, 0.1) is 11.8 Å². The summed E-state index contributed by atoms with van der Waals surface area (Å²) in [7, 11) is 0. The van der Waals surface area contributed by atoms with Gasteiger partial charge in [-0.2, -0.15) is 0 Å². The zero-order chi connectivity index (χ0) is 11.4. The summed E-state index contributed by atoms with van der Waals surface area (Å²) < 4.78 is 0. The predicted octanol–water partition coefficient (Wildman–Crippen LogP) is 1.20. The molecule has 1 aromatic rings. The molecule has 1 amide bonds. The van der Waals surface area contributed by atoms with Gasteiger partial charge in [-0.05, 0) is 30.7 Å². The minimum atomic E-state index is -0.602. The number of carbonyl (C=O) groups excluding carboxylic acids is 1. The van der Waals surface area contributed by atoms with Gasteiger partial charge in [-0.15, -0.1) is 12.6 Å². The van der Waals surface area contributed by atoms with Crippen LogP contribution in [0.25, 0.3) is 0 Å². The summed E-state index contributed by atoms with van der Waals surface area (Å²) in [5.74, 6) is -0.558. The topological polar surface area (TPSA) is 44.6 Å². The Hall–Kier alpha value is -1.10. The second-order valence-electron chi connectivity index (χ2n) is 3.10. The second-order valence-corrected chi connectivity index (χ2v) is 3.58. The zero-order valence-corrected chi connectivity index (χ0v) is 9.38. The monoisotopic (exact) mass is 223 g/mol. The zero-order valence-electron chi connectivity index (χ0n) is 8.49. The Labute approximate surface area is 94.4 Å². The van der Waals surface area contributed by atoms with Crippen molar-refractivity contribution >= 4 is 18.5 Å². The van der Waals surface area contributed by atoms with Gasteiger partial charge in [0.25, 0.3) is 0 Å². The van der Waals surface area contributed by atoms with Crippen LogP contribution in [0.2, 0.25) is 0 Å². The molecule has 0 spiro atoms. The Kier molecular flexibility index (Phi) is 4.08. The smallest absolute Gasteiger partial charge is 0.349 e. The van der Waals surface area contributed by atoms with E-state index < -0.39 is 11.0 Å². The largest absolute Gasteiger partial charge is 0.621 e. The minimum Gasteiger partial charge on any atom is -0.621 e. The fraction of sp³-hybridized carbons (Fsp3) is 0.182. The molecule has 0 bridgehead atoms. The van der Waals surface area contributed by atoms with Gasteiger partial charge in [-0.1, -0.05) is 13.0 Å². The minimum absolute atomic E-state index is 0.334. The van der Waals surface area contributed by atoms with E-state index in [0.29, 0.717) is 10.5 Å². The first-order valence-corrected chi connectivity index (χ1v) is 5.07. The Bertz CT molecular complexity index is 390. The maximum Gasteiger partial charge on any atom is 0.349 e. The number of hydroxylamine groups is 2. The van der Waals surface area contributed by atoms with Gasteiger partial charge in [-0.3, -0.25) is 5.06 Å². The molecule has 15 heavy (non-hydrogen) atoms. The lowest BCUT2D eigenvalue weighted by Crippen LogP contribution is -3.05. The normalized spacial score (nSPS) is 12.2. The van der Waals surface area contributed by atoms with Crippen LogP contribution < -0.4 is 5.06 Å². The number of amides is 1. The molecule has 1 rings (SSSR count). The molecular formula is C11H13NO2S. The van der Waals surface area contributed by atoms with E-state index in [4.69, 9.17) is 0 Å². The summed E-state index contributed by atoms with van der Waals surface area (Å²) in [5, 5.41) is 10.5. The van der Waals surface area contributed by atoms with Gasteiger partial charge in [0.1, 0.15) is 0 Å². The number of rotatable bonds is 3. The third kappa shape index (κ3) is 2.68. The molecule has 3 nitrogen and oxygen atoms in total. The molecule has 0 aliphatic heterocycles. The molecule has 0 aliphatic carbocycles. The summed E-state index contributed by atoms with van der Waals surface area (Å²) in [6.07, 6.45) is 1.89. The van der Waals surface area contributed by atoms with Crippen LogP contribution in [-0.2, 0) is 6.42 Å². The molecule has 80 valence electrons. The lowest BCUT2D eigenvalue weighted by atomic mass is 10.1. The number of thiol groups is 1. The van der Waals surface area contributed by atoms with E-state index in [2.05, 4.69) is 19.2 Å². The molecule has 1 unspecified atom stereocenters. The quantitative estimate of drug-likeness (QED) is 0.597. The molecule has 1 atom stereocenters. The Morgan fingerprint density at radius 3 is 2.80 bits per heavy atom. The first kappa shape index (κ1) is 12.0. The highest BCUT2D eigenvalue weighted by Gasteiger charge is 2.15. The van der Waals surface area contributed by atoms with Crippen LogP contribution in [0.1, 0.15) is 22.8 Å². The number of benzene rings is 1. The molecule has 0 saturated heterocycles. The fourth-order valence-electron chi connectivity index (χ4n) is 1.21. The average molecular weight is 223 g/mol. The lowest BCUT2D eigenvalue weighted by molar-refractivity contribution is -0.695. The van der Waals surface area contributed by atoms with Gasteiger partial charge < -0.3 is 5.21 Å². The summed E-state index contributed by atoms with van der Waals surface area (Å²) in [5.41, 5.74) is 1.42. The molecule has 0 fully saturated rings. The van der Waals surface area contributed by atoms with Crippen LogP contribution in [0.15, 0.2) is 35.9 Å². The Balaban J connectivity index is 3.05. The van der Waals surface area contributed by atoms with Crippen LogP contribution in [-0.4, -0.2) is 5.91 Å². The molecule has 0 radical (unpaired) electrons. The molecule has 0 aliphatic rings. The van der Waals surface area contributed by atoms with E-state index in [1.165, 1.54) is 0 Å². The predicted molar refractivity (Wildman–Crippen MR) is 61.9 cm³/mol. The SMILES string of the molecule is C=C[NH+]([O-])C(=O)c1ccc(CC)cc1S. The maximum atomic E-state index is 11.5. The van der Waals surface area contributed by atoms with Crippen LogP contribution in [0.3, 0.4) is 0 Å². The summed E-state index contributed by atoms with van der Waals surface area (Å²) in [6.45, 7) is 5.29. The molecule has 4 heteroatoms. The van der Waals surface area contributed by atoms with Crippen LogP contribution in [0.5, 0.6) is 0 Å². The van der Waals surface area contributed by atoms with Crippen molar-refractivity contribution in [3.05, 3.63) is 47.3 Å². The van der Waals surface area contributed by atoms with Gasteiger partial charge in [-0.25, -0.2) is 4.79 Å². The van der Waals surface area contributed by atoms with Gasteiger partial charge in [0, 0.05) is 4.90 Å². The third-order valence-corrected chi connectivity index (χ3v) is 2.49. The third-order valence-electron chi connectivity index (χ3n) is 2.12. The number of carbonyl (C=O) groups is 1. The van der Waals surface area contributed by atoms with Crippen molar-refractivity contribution in [3.63, 3.8) is 0 Å². The molecule has 0 heterocycles. The van der Waals surface area contributed by atoms with E-state index in [9.17, 15) is 10.0 Å². The molecular weight excluding hydrogens is 210 g/mol. The van der Waals surface area contributed by atoms with Crippen molar-refractivity contribution < 1.29 is 9.86 Å². The summed E-state index contributed by atoms with van der Waals surface area (Å²) >= 11 is 4.19. The van der Waals surface area contributed by atoms with Crippen molar-refractivity contribution in [2.45, 2.75) is 18.2 Å². The number of hydrogen-bond donors (Lipinski definition) is 2. The highest BCUT2D eigenvalue weighted by Crippen LogP contribution is 2.15. The van der Waals surface area contributed by atoms with Crippen molar-refractivity contribution in [2.75, 3.05) is 0 Å². The van der Waals surface area contributed by atoms with Gasteiger partial charge >= 0.3 is 5.91 Å². The fourth-order valence-corrected chi connectivity index (χ4v) is 1.56. The standard InChI is InChI=1S/C11H13NO2S/c1-3-8-5-6-9(10(15)7-8)11(13)12(14)4-2/h4-7,12,15H,2-3H2,1H3. The number of hydrogen-bond acceptors (Lipinski definition) is 3. The van der Waals surface area contributed by atoms with Crippen LogP contribution in [0.4, 0.5) is 0 Å². The van der Waals surface area contributed by atoms with Crippen molar-refractivity contribution in [2.24, 2.45) is 0 Å². The van der Waals surface area contributed by atoms with E-state index >= 15 is 0 Å². The van der Waals surface area contributed by atoms with Gasteiger partial charge in [0.2, 0.25) is 0 Å². The maximum absolute atomic E-state index is 11.5. The van der Waals surface area contributed by atoms with Crippen molar-refractivity contribution in [3.8, 4) is 0 Å². The second kappa shape index (κ2) is 5.11. The van der Waals surface area contributed by atoms with E-state index in [1.54, 1.807) is 12.1 Å². The van der Waals surface area contributed by atoms with E-state index in [1.807, 2.05) is 13.0 Å². The summed E-state index contributed by atoms with van der Waals surface area (Å²) in [4.78, 5) is 12.1. The highest BCUT2D eigenvalue weighted by molar-refractivity contribution is 7.80. The first-order valence-electron chi connectivity index (χ1n) is 4.63. The van der Waals surface area contributed by atoms with Crippen molar-refractivity contribution in [1.82, 2.24) is 0 Å². The number of nitrogens with one attached hydrogen (secondary N) is 1. The molecule has 1 aromatic carbocycles. The Morgan fingerprint density at radius 1 is 1.67 bits per heavy atom. The van der Waals surface area contributed by atoms with Crippen LogP contribution >= 0.6 is 12.6 Å². The average Bonchev–Trinajstić information content (AvgIpc) is 2.26. The molecule has 0 saturated carbocycles. The molecule has 1 N–H and O–H groups in total. The summed E-state index contributed by atoms with van der Waals surface area (Å²) in [6, 6.07) is 5.25. The van der Waals surface area contributed by atoms with Crippen molar-refractivity contribution in [1.29, 1.82) is 0 Å². The van der Waals surface area contributed by atoms with E-state index in [0.717, 1.165) is 18.2 Å². The number of aryl methyl sites for hydroxylation is 1. The lowest BCUT2D eigenvalue weighted by Gasteiger charge is -2.14. The molecule has 0 aromatic heterocycles. The number of quaternary nitrogens is 1. The van der Waals surface area contributed by atoms with E-state index in [-0.39, 0.29) is 0 Å². The Morgan fingerprint density at radius 2 is 2.33 bits per heavy atom. The van der Waals surface area contributed by atoms with Gasteiger partial charge in [0.15, 0.2) is 0 Å². The van der Waals surface area contributed by atoms with Crippen LogP contribution in [0, 0.1) is 5.21 Å². The highest BCUT2D eigenvalue weighted by atomic mass is 32.1. The first-order chi connectivity index (χ1) is 7.10.